The average Bonchev–Trinajstić information content (AvgIpc) is 1.64. The predicted octanol–water partition coefficient (Wildman–Crippen LogP) is 32.0. The summed E-state index contributed by atoms with van der Waals surface area (Å²) in [7, 11) is 0. The van der Waals surface area contributed by atoms with Crippen LogP contribution in [0.1, 0.15) is 0 Å². The van der Waals surface area contributed by atoms with Gasteiger partial charge in [-0.2, -0.15) is 0 Å². The second kappa shape index (κ2) is 30.7. The van der Waals surface area contributed by atoms with Gasteiger partial charge in [0.05, 0.1) is 66.2 Å². The standard InChI is InChI=1S/2C42H28N2.C36H24N2/c1-2-11-29(12-3-1)31-13-10-14-34(27-31)44-41-20-9-6-17-37(41)38-28-32(23-26-42(38)44)30-21-24-33(25-22-30)43-39-18-7-4-15-35(39)36-16-5-8-19-40(36)43;1-2-10-29(11-3-1)30-18-23-34(24-19-30)44-41-17-9-6-14-37(41)38-28-32(22-27-42(38)44)31-20-25-33(26-21-31)43-39-15-7-4-12-35(39)36-13-5-8-16-40(36)43;1-2-10-27(11-3-1)37-35-17-9-6-14-31(35)32-24-26(20-23-36(32)37)25-18-21-28(22-19-25)38-33-15-7-4-12-29(33)30-13-5-8-16-34(30)38/h2*1-28H;1-24H. The molecule has 0 spiro atoms. The number of aromatic nitrogens is 6. The highest BCUT2D eigenvalue weighted by atomic mass is 15.0. The highest BCUT2D eigenvalue weighted by molar-refractivity contribution is 6.15. The third-order valence-corrected chi connectivity index (χ3v) is 25.6. The van der Waals surface area contributed by atoms with Gasteiger partial charge in [0.1, 0.15) is 0 Å². The van der Waals surface area contributed by atoms with Gasteiger partial charge in [0, 0.05) is 98.8 Å². The van der Waals surface area contributed by atoms with E-state index >= 15 is 0 Å². The molecule has 0 aliphatic carbocycles. The van der Waals surface area contributed by atoms with Gasteiger partial charge in [-0.25, -0.2) is 0 Å². The summed E-state index contributed by atoms with van der Waals surface area (Å²) in [5.41, 5.74) is 33.9. The molecule has 6 heterocycles. The molecule has 0 saturated heterocycles. The topological polar surface area (TPSA) is 29.6 Å². The summed E-state index contributed by atoms with van der Waals surface area (Å²) < 4.78 is 14.2. The minimum Gasteiger partial charge on any atom is -0.309 e. The zero-order valence-corrected chi connectivity index (χ0v) is 68.9. The lowest BCUT2D eigenvalue weighted by molar-refractivity contribution is 1.18. The molecule has 20 aromatic carbocycles. The zero-order chi connectivity index (χ0) is 83.1. The molecule has 0 N–H and O–H groups in total. The van der Waals surface area contributed by atoms with Crippen LogP contribution < -0.4 is 0 Å². The zero-order valence-electron chi connectivity index (χ0n) is 68.9. The molecule has 26 rings (SSSR count). The molecule has 6 aromatic heterocycles. The van der Waals surface area contributed by atoms with E-state index in [1.54, 1.807) is 0 Å². The van der Waals surface area contributed by atoms with E-state index in [0.29, 0.717) is 0 Å². The smallest absolute Gasteiger partial charge is 0.0541 e. The normalized spacial score (nSPS) is 11.7. The first-order chi connectivity index (χ1) is 62.5. The van der Waals surface area contributed by atoms with Crippen molar-refractivity contribution in [2.24, 2.45) is 0 Å². The van der Waals surface area contributed by atoms with Crippen LogP contribution in [0.4, 0.5) is 0 Å². The van der Waals surface area contributed by atoms with Crippen molar-refractivity contribution in [2.75, 3.05) is 0 Å². The fourth-order valence-corrected chi connectivity index (χ4v) is 19.8. The molecule has 0 unspecified atom stereocenters. The number of hydrogen-bond acceptors (Lipinski definition) is 0. The maximum atomic E-state index is 2.40. The third-order valence-electron chi connectivity index (χ3n) is 25.6. The molecule has 0 bridgehead atoms. The Morgan fingerprint density at radius 3 is 0.516 bits per heavy atom. The summed E-state index contributed by atoms with van der Waals surface area (Å²) in [5.74, 6) is 0. The number of benzene rings is 20. The van der Waals surface area contributed by atoms with E-state index in [1.807, 2.05) is 0 Å². The summed E-state index contributed by atoms with van der Waals surface area (Å²) in [5, 5.41) is 15.3. The van der Waals surface area contributed by atoms with Gasteiger partial charge < -0.3 is 27.4 Å². The minimum atomic E-state index is 1.17. The highest BCUT2D eigenvalue weighted by Gasteiger charge is 2.21. The molecule has 0 amide bonds. The van der Waals surface area contributed by atoms with Crippen LogP contribution in [0.3, 0.4) is 0 Å². The molecule has 0 saturated carbocycles. The number of fused-ring (bicyclic) bond motifs is 18. The molecule has 26 aromatic rings. The van der Waals surface area contributed by atoms with Crippen molar-refractivity contribution in [2.45, 2.75) is 0 Å². The molecule has 6 nitrogen and oxygen atoms in total. The van der Waals surface area contributed by atoms with E-state index in [1.165, 1.54) is 221 Å². The summed E-state index contributed by atoms with van der Waals surface area (Å²) in [4.78, 5) is 0. The Hall–Kier alpha value is -16.8. The van der Waals surface area contributed by atoms with Gasteiger partial charge in [0.15, 0.2) is 0 Å². The Morgan fingerprint density at radius 1 is 0.0873 bits per heavy atom. The maximum absolute atomic E-state index is 2.40. The number of rotatable bonds is 11. The summed E-state index contributed by atoms with van der Waals surface area (Å²) in [6.45, 7) is 0. The Morgan fingerprint density at radius 2 is 0.246 bits per heavy atom. The molecule has 0 radical (unpaired) electrons. The highest BCUT2D eigenvalue weighted by Crippen LogP contribution is 2.43. The second-order valence-corrected chi connectivity index (χ2v) is 32.7. The van der Waals surface area contributed by atoms with Crippen molar-refractivity contribution in [3.05, 3.63) is 485 Å². The number of hydrogen-bond donors (Lipinski definition) is 0. The number of nitrogens with zero attached hydrogens (tertiary/aromatic N) is 6. The molecule has 126 heavy (non-hydrogen) atoms. The van der Waals surface area contributed by atoms with Crippen LogP contribution in [0.25, 0.3) is 221 Å². The molecule has 0 aliphatic heterocycles. The Bertz CT molecular complexity index is 8500. The van der Waals surface area contributed by atoms with Gasteiger partial charge >= 0.3 is 0 Å². The van der Waals surface area contributed by atoms with Crippen molar-refractivity contribution < 1.29 is 0 Å². The van der Waals surface area contributed by atoms with Crippen molar-refractivity contribution in [3.63, 3.8) is 0 Å². The first-order valence-corrected chi connectivity index (χ1v) is 43.3. The van der Waals surface area contributed by atoms with E-state index in [4.69, 9.17) is 0 Å². The van der Waals surface area contributed by atoms with E-state index in [-0.39, 0.29) is 0 Å². The minimum absolute atomic E-state index is 1.17. The quantitative estimate of drug-likeness (QED) is 0.124. The Balaban J connectivity index is 0.000000106. The van der Waals surface area contributed by atoms with E-state index in [2.05, 4.69) is 513 Å². The van der Waals surface area contributed by atoms with Gasteiger partial charge in [-0.05, 0) is 219 Å². The molecule has 0 aliphatic rings. The van der Waals surface area contributed by atoms with Crippen molar-refractivity contribution in [1.29, 1.82) is 0 Å². The second-order valence-electron chi connectivity index (χ2n) is 32.7. The maximum Gasteiger partial charge on any atom is 0.0541 e. The molecular formula is C120H80N6. The largest absolute Gasteiger partial charge is 0.309 e. The fourth-order valence-electron chi connectivity index (χ4n) is 19.8. The molecule has 590 valence electrons. The summed E-state index contributed by atoms with van der Waals surface area (Å²) in [6.07, 6.45) is 0. The van der Waals surface area contributed by atoms with E-state index < -0.39 is 0 Å². The number of para-hydroxylation sites is 10. The summed E-state index contributed by atoms with van der Waals surface area (Å²) in [6, 6.07) is 175. The molecular weight excluding hydrogens is 1530 g/mol. The van der Waals surface area contributed by atoms with Gasteiger partial charge in [-0.15, -0.1) is 0 Å². The van der Waals surface area contributed by atoms with Crippen LogP contribution >= 0.6 is 0 Å². The van der Waals surface area contributed by atoms with Crippen LogP contribution in [0.2, 0.25) is 0 Å². The summed E-state index contributed by atoms with van der Waals surface area (Å²) >= 11 is 0. The van der Waals surface area contributed by atoms with Crippen molar-refractivity contribution in [1.82, 2.24) is 27.4 Å². The predicted molar refractivity (Wildman–Crippen MR) is 533 cm³/mol. The lowest BCUT2D eigenvalue weighted by atomic mass is 10.0. The Labute approximate surface area is 728 Å². The van der Waals surface area contributed by atoms with E-state index in [0.717, 1.165) is 0 Å². The molecule has 6 heteroatoms. The van der Waals surface area contributed by atoms with Gasteiger partial charge in [0.2, 0.25) is 0 Å². The van der Waals surface area contributed by atoms with Gasteiger partial charge in [-0.3, -0.25) is 0 Å². The lowest BCUT2D eigenvalue weighted by Gasteiger charge is -2.11. The van der Waals surface area contributed by atoms with Gasteiger partial charge in [0.25, 0.3) is 0 Å². The van der Waals surface area contributed by atoms with Crippen LogP contribution in [-0.4, -0.2) is 27.4 Å². The first-order valence-electron chi connectivity index (χ1n) is 43.3. The SMILES string of the molecule is c1ccc(-c2ccc(-n3c4ccccc4c4cc(-c5ccc(-n6c7ccccc7c7ccccc76)cc5)ccc43)cc2)cc1.c1ccc(-c2cccc(-n3c4ccccc4c4cc(-c5ccc(-n6c7ccccc7c7ccccc76)cc5)ccc43)c2)cc1.c1ccc(-n2c3ccccc3c3cc(-c4ccc(-n5c6ccccc6c6ccccc65)cc4)ccc32)cc1. The molecule has 0 atom stereocenters. The first kappa shape index (κ1) is 73.1. The lowest BCUT2D eigenvalue weighted by Crippen LogP contribution is -1.94. The third kappa shape index (κ3) is 12.5. The monoisotopic (exact) mass is 1600 g/mol. The van der Waals surface area contributed by atoms with Crippen molar-refractivity contribution >= 4 is 131 Å². The average molecular weight is 1610 g/mol. The molecule has 0 fully saturated rings. The Kier molecular flexibility index (Phi) is 17.8. The van der Waals surface area contributed by atoms with Crippen LogP contribution in [-0.2, 0) is 0 Å². The van der Waals surface area contributed by atoms with E-state index in [9.17, 15) is 0 Å². The van der Waals surface area contributed by atoms with Gasteiger partial charge in [-0.1, -0.05) is 322 Å². The van der Waals surface area contributed by atoms with Crippen LogP contribution in [0, 0.1) is 0 Å². The van der Waals surface area contributed by atoms with Crippen molar-refractivity contribution in [3.8, 4) is 89.8 Å². The van der Waals surface area contributed by atoms with Crippen LogP contribution in [0.15, 0.2) is 485 Å². The van der Waals surface area contributed by atoms with Crippen LogP contribution in [0.5, 0.6) is 0 Å². The fraction of sp³-hybridized carbons (Fsp3) is 0.